The fourth-order valence-corrected chi connectivity index (χ4v) is 2.44. The molecule has 0 spiro atoms. The molecule has 0 unspecified atom stereocenters. The minimum absolute atomic E-state index is 0.0157. The Kier molecular flexibility index (Phi) is 4.98. The van der Waals surface area contributed by atoms with E-state index >= 15 is 0 Å². The molecule has 3 aromatic rings. The van der Waals surface area contributed by atoms with Crippen LogP contribution in [0.3, 0.4) is 0 Å². The number of halogens is 2. The summed E-state index contributed by atoms with van der Waals surface area (Å²) >= 11 is 0. The van der Waals surface area contributed by atoms with Crippen LogP contribution in [0.5, 0.6) is 5.75 Å². The second-order valence-electron chi connectivity index (χ2n) is 5.64. The van der Waals surface area contributed by atoms with Crippen molar-refractivity contribution in [3.8, 4) is 5.75 Å². The van der Waals surface area contributed by atoms with E-state index in [-0.39, 0.29) is 17.9 Å². The molecule has 0 amide bonds. The van der Waals surface area contributed by atoms with Crippen LogP contribution in [0.1, 0.15) is 11.1 Å². The van der Waals surface area contributed by atoms with Crippen LogP contribution in [0.25, 0.3) is 10.8 Å². The Bertz CT molecular complexity index is 933. The summed E-state index contributed by atoms with van der Waals surface area (Å²) in [7, 11) is 0. The summed E-state index contributed by atoms with van der Waals surface area (Å²) < 4.78 is 38.7. The van der Waals surface area contributed by atoms with Crippen LogP contribution in [-0.2, 0) is 22.2 Å². The van der Waals surface area contributed by atoms with Gasteiger partial charge in [0, 0.05) is 6.08 Å². The molecule has 0 aliphatic heterocycles. The fourth-order valence-electron chi connectivity index (χ4n) is 2.44. The highest BCUT2D eigenvalue weighted by Crippen LogP contribution is 2.33. The number of alkyl halides is 2. The minimum atomic E-state index is -3.47. The van der Waals surface area contributed by atoms with E-state index < -0.39 is 12.1 Å². The quantitative estimate of drug-likeness (QED) is 0.451. The smallest absolute Gasteiger partial charge is 0.426 e. The van der Waals surface area contributed by atoms with Crippen molar-refractivity contribution in [2.75, 3.05) is 0 Å². The molecule has 0 saturated carbocycles. The number of hydrogen-bond acceptors (Lipinski definition) is 3. The van der Waals surface area contributed by atoms with Gasteiger partial charge in [-0.05, 0) is 40.6 Å². The van der Waals surface area contributed by atoms with E-state index in [0.29, 0.717) is 10.9 Å². The van der Waals surface area contributed by atoms with Crippen molar-refractivity contribution in [3.63, 3.8) is 0 Å². The molecular weight excluding hydrogens is 338 g/mol. The molecular formula is C21H16F2O3. The van der Waals surface area contributed by atoms with E-state index in [1.54, 1.807) is 30.3 Å². The van der Waals surface area contributed by atoms with Gasteiger partial charge in [0.2, 0.25) is 0 Å². The Morgan fingerprint density at radius 3 is 2.38 bits per heavy atom. The van der Waals surface area contributed by atoms with Gasteiger partial charge in [-0.25, -0.2) is 4.79 Å². The van der Waals surface area contributed by atoms with Crippen LogP contribution in [0.4, 0.5) is 8.78 Å². The average Bonchev–Trinajstić information content (AvgIpc) is 2.66. The zero-order chi connectivity index (χ0) is 18.6. The summed E-state index contributed by atoms with van der Waals surface area (Å²) in [6, 6.07) is 17.6. The number of benzene rings is 3. The first-order chi connectivity index (χ1) is 12.5. The largest absolute Gasteiger partial charge is 0.458 e. The van der Waals surface area contributed by atoms with Gasteiger partial charge in [0.1, 0.15) is 12.4 Å². The van der Waals surface area contributed by atoms with Crippen LogP contribution in [0.15, 0.2) is 79.4 Å². The molecule has 0 atom stereocenters. The molecule has 5 heteroatoms. The molecule has 0 aliphatic carbocycles. The molecule has 3 rings (SSSR count). The standard InChI is InChI=1S/C21H16F2O3/c1-2-20(24)25-14-15-7-11-19(12-8-15)26-21(22,23)18-10-9-16-5-3-4-6-17(16)13-18/h2-13H,1,14H2. The summed E-state index contributed by atoms with van der Waals surface area (Å²) in [5.74, 6) is -0.532. The second kappa shape index (κ2) is 7.35. The first-order valence-electron chi connectivity index (χ1n) is 7.92. The van der Waals surface area contributed by atoms with Crippen molar-refractivity contribution in [1.82, 2.24) is 0 Å². The van der Waals surface area contributed by atoms with Crippen LogP contribution in [0, 0.1) is 0 Å². The van der Waals surface area contributed by atoms with Crippen molar-refractivity contribution < 1.29 is 23.0 Å². The first kappa shape index (κ1) is 17.6. The van der Waals surface area contributed by atoms with Gasteiger partial charge in [-0.1, -0.05) is 49.0 Å². The number of fused-ring (bicyclic) bond motifs is 1. The summed E-state index contributed by atoms with van der Waals surface area (Å²) in [5, 5.41) is 1.60. The molecule has 0 fully saturated rings. The maximum atomic E-state index is 14.5. The highest BCUT2D eigenvalue weighted by Gasteiger charge is 2.34. The van der Waals surface area contributed by atoms with E-state index in [1.165, 1.54) is 24.3 Å². The zero-order valence-electron chi connectivity index (χ0n) is 13.8. The fraction of sp³-hybridized carbons (Fsp3) is 0.0952. The number of hydrogen-bond donors (Lipinski definition) is 0. The maximum Gasteiger partial charge on any atom is 0.426 e. The number of carbonyl (C=O) groups is 1. The third-order valence-electron chi connectivity index (χ3n) is 3.80. The van der Waals surface area contributed by atoms with Crippen LogP contribution >= 0.6 is 0 Å². The molecule has 132 valence electrons. The molecule has 0 radical (unpaired) electrons. The SMILES string of the molecule is C=CC(=O)OCc1ccc(OC(F)(F)c2ccc3ccccc3c2)cc1. The van der Waals surface area contributed by atoms with E-state index in [0.717, 1.165) is 11.5 Å². The number of ether oxygens (including phenoxy) is 2. The van der Waals surface area contributed by atoms with Gasteiger partial charge in [0.05, 0.1) is 5.56 Å². The summed E-state index contributed by atoms with van der Waals surface area (Å²) in [6.07, 6.45) is -2.41. The normalized spacial score (nSPS) is 11.2. The molecule has 3 nitrogen and oxygen atoms in total. The molecule has 0 N–H and O–H groups in total. The Morgan fingerprint density at radius 1 is 1.00 bits per heavy atom. The summed E-state index contributed by atoms with van der Waals surface area (Å²) in [4.78, 5) is 11.0. The van der Waals surface area contributed by atoms with Crippen molar-refractivity contribution in [2.45, 2.75) is 12.7 Å². The van der Waals surface area contributed by atoms with Gasteiger partial charge in [-0.2, -0.15) is 8.78 Å². The van der Waals surface area contributed by atoms with E-state index in [1.807, 2.05) is 12.1 Å². The van der Waals surface area contributed by atoms with Gasteiger partial charge >= 0.3 is 12.1 Å². The van der Waals surface area contributed by atoms with Gasteiger partial charge in [-0.15, -0.1) is 0 Å². The monoisotopic (exact) mass is 354 g/mol. The van der Waals surface area contributed by atoms with Crippen LogP contribution < -0.4 is 4.74 Å². The highest BCUT2D eigenvalue weighted by atomic mass is 19.3. The van der Waals surface area contributed by atoms with Gasteiger partial charge < -0.3 is 9.47 Å². The predicted molar refractivity (Wildman–Crippen MR) is 94.9 cm³/mol. The highest BCUT2D eigenvalue weighted by molar-refractivity contribution is 5.83. The molecule has 26 heavy (non-hydrogen) atoms. The maximum absolute atomic E-state index is 14.5. The number of rotatable bonds is 6. The topological polar surface area (TPSA) is 35.5 Å². The third kappa shape index (κ3) is 4.06. The van der Waals surface area contributed by atoms with Crippen molar-refractivity contribution in [3.05, 3.63) is 90.5 Å². The average molecular weight is 354 g/mol. The molecule has 0 saturated heterocycles. The Hall–Kier alpha value is -3.21. The van der Waals surface area contributed by atoms with Gasteiger partial charge in [0.15, 0.2) is 0 Å². The van der Waals surface area contributed by atoms with Crippen LogP contribution in [-0.4, -0.2) is 5.97 Å². The summed E-state index contributed by atoms with van der Waals surface area (Å²) in [5.41, 5.74) is 0.432. The molecule has 0 heterocycles. The van der Waals surface area contributed by atoms with Crippen LogP contribution in [0.2, 0.25) is 0 Å². The minimum Gasteiger partial charge on any atom is -0.458 e. The molecule has 0 bridgehead atoms. The van der Waals surface area contributed by atoms with E-state index in [4.69, 9.17) is 9.47 Å². The van der Waals surface area contributed by atoms with E-state index in [2.05, 4.69) is 6.58 Å². The molecule has 3 aromatic carbocycles. The number of esters is 1. The lowest BCUT2D eigenvalue weighted by Gasteiger charge is -2.19. The summed E-state index contributed by atoms with van der Waals surface area (Å²) in [6.45, 7) is 3.33. The zero-order valence-corrected chi connectivity index (χ0v) is 13.8. The third-order valence-corrected chi connectivity index (χ3v) is 3.80. The number of carbonyl (C=O) groups excluding carboxylic acids is 1. The molecule has 0 aromatic heterocycles. The first-order valence-corrected chi connectivity index (χ1v) is 7.92. The van der Waals surface area contributed by atoms with Gasteiger partial charge in [0.25, 0.3) is 0 Å². The lowest BCUT2D eigenvalue weighted by Crippen LogP contribution is -2.21. The second-order valence-corrected chi connectivity index (χ2v) is 5.64. The molecule has 0 aliphatic rings. The van der Waals surface area contributed by atoms with Crippen molar-refractivity contribution >= 4 is 16.7 Å². The van der Waals surface area contributed by atoms with Gasteiger partial charge in [-0.3, -0.25) is 0 Å². The van der Waals surface area contributed by atoms with Crippen molar-refractivity contribution in [1.29, 1.82) is 0 Å². The Balaban J connectivity index is 1.73. The van der Waals surface area contributed by atoms with E-state index in [9.17, 15) is 13.6 Å². The predicted octanol–water partition coefficient (Wildman–Crippen LogP) is 5.20. The Morgan fingerprint density at radius 2 is 1.69 bits per heavy atom. The lowest BCUT2D eigenvalue weighted by molar-refractivity contribution is -0.185. The Labute approximate surface area is 149 Å². The lowest BCUT2D eigenvalue weighted by atomic mass is 10.1. The van der Waals surface area contributed by atoms with Crippen molar-refractivity contribution in [2.24, 2.45) is 0 Å².